The van der Waals surface area contributed by atoms with Crippen LogP contribution in [0.2, 0.25) is 0 Å². The van der Waals surface area contributed by atoms with Crippen LogP contribution in [0.1, 0.15) is 194 Å². The lowest BCUT2D eigenvalue weighted by atomic mass is 10.1. The Balaban J connectivity index is 4.11. The highest BCUT2D eigenvalue weighted by atomic mass is 16.5. The molecule has 10 nitrogen and oxygen atoms in total. The number of carbonyl (C=O) groups is 4. The van der Waals surface area contributed by atoms with E-state index in [1.807, 2.05) is 0 Å². The highest BCUT2D eigenvalue weighted by molar-refractivity contribution is 5.74. The average Bonchev–Trinajstić information content (AvgIpc) is 3.15. The molecule has 0 aromatic carbocycles. The van der Waals surface area contributed by atoms with Gasteiger partial charge in [-0.2, -0.15) is 0 Å². The number of esters is 2. The van der Waals surface area contributed by atoms with Crippen molar-refractivity contribution in [3.63, 3.8) is 0 Å². The van der Waals surface area contributed by atoms with Gasteiger partial charge in [0.1, 0.15) is 0 Å². The number of aliphatic carboxylic acids is 2. The lowest BCUT2D eigenvalue weighted by Gasteiger charge is -2.24. The molecule has 0 aliphatic carbocycles. The molecule has 0 rings (SSSR count). The minimum absolute atomic E-state index is 0.0884. The molecule has 0 aromatic rings. The number of hydrogen-bond acceptors (Lipinski definition) is 8. The predicted molar refractivity (Wildman–Crippen MR) is 229 cm³/mol. The highest BCUT2D eigenvalue weighted by Gasteiger charge is 2.20. The van der Waals surface area contributed by atoms with Crippen LogP contribution < -0.4 is 0 Å². The summed E-state index contributed by atoms with van der Waals surface area (Å²) >= 11 is 0. The van der Waals surface area contributed by atoms with Crippen molar-refractivity contribution in [2.45, 2.75) is 194 Å². The number of carboxylic acid groups (broad SMARTS) is 2. The molecule has 0 unspecified atom stereocenters. The molecular formula is C46H84N2O8. The maximum Gasteiger partial charge on any atom is 0.320 e. The summed E-state index contributed by atoms with van der Waals surface area (Å²) < 4.78 is 10.7. The van der Waals surface area contributed by atoms with Gasteiger partial charge in [-0.25, -0.2) is 0 Å². The van der Waals surface area contributed by atoms with Crippen molar-refractivity contribution in [3.05, 3.63) is 24.3 Å². The van der Waals surface area contributed by atoms with Gasteiger partial charge < -0.3 is 19.7 Å². The number of carbonyl (C=O) groups excluding carboxylic acids is 2. The molecule has 0 aliphatic heterocycles. The zero-order valence-electron chi connectivity index (χ0n) is 36.0. The zero-order chi connectivity index (χ0) is 41.2. The number of carboxylic acids is 2. The second-order valence-electron chi connectivity index (χ2n) is 15.5. The Hall–Kier alpha value is -2.72. The van der Waals surface area contributed by atoms with Gasteiger partial charge in [0.15, 0.2) is 0 Å². The molecule has 0 radical (unpaired) electrons. The molecule has 326 valence electrons. The first-order valence-corrected chi connectivity index (χ1v) is 22.8. The summed E-state index contributed by atoms with van der Waals surface area (Å²) in [5, 5.41) is 18.8. The van der Waals surface area contributed by atoms with E-state index >= 15 is 0 Å². The highest BCUT2D eigenvalue weighted by Crippen LogP contribution is 2.12. The fourth-order valence-electron chi connectivity index (χ4n) is 6.62. The van der Waals surface area contributed by atoms with E-state index in [-0.39, 0.29) is 39.4 Å². The molecule has 0 spiro atoms. The molecule has 0 heterocycles. The molecule has 0 atom stereocenters. The Morgan fingerprint density at radius 2 is 0.661 bits per heavy atom. The molecule has 2 N–H and O–H groups in total. The number of allylic oxidation sites excluding steroid dienone is 4. The molecule has 0 saturated heterocycles. The van der Waals surface area contributed by atoms with E-state index in [1.165, 1.54) is 125 Å². The monoisotopic (exact) mass is 793 g/mol. The number of nitrogens with zero attached hydrogens (tertiary/aromatic N) is 2. The minimum Gasteiger partial charge on any atom is -0.480 e. The average molecular weight is 793 g/mol. The normalized spacial score (nSPS) is 11.7. The van der Waals surface area contributed by atoms with E-state index in [0.29, 0.717) is 0 Å². The first-order chi connectivity index (χ1) is 27.3. The summed E-state index contributed by atoms with van der Waals surface area (Å²) in [6.45, 7) is 4.01. The zero-order valence-corrected chi connectivity index (χ0v) is 36.0. The van der Waals surface area contributed by atoms with Gasteiger partial charge in [0, 0.05) is 13.1 Å². The second-order valence-corrected chi connectivity index (χ2v) is 15.5. The molecule has 0 saturated carbocycles. The van der Waals surface area contributed by atoms with Gasteiger partial charge in [-0.05, 0) is 64.2 Å². The Labute approximate surface area is 342 Å². The summed E-state index contributed by atoms with van der Waals surface area (Å²) in [5.74, 6) is -3.24. The van der Waals surface area contributed by atoms with Crippen LogP contribution in [0, 0.1) is 0 Å². The molecule has 0 aliphatic rings. The van der Waals surface area contributed by atoms with Crippen LogP contribution in [-0.4, -0.2) is 96.4 Å². The van der Waals surface area contributed by atoms with Gasteiger partial charge in [0.25, 0.3) is 0 Å². The van der Waals surface area contributed by atoms with E-state index in [4.69, 9.17) is 9.47 Å². The van der Waals surface area contributed by atoms with Crippen LogP contribution in [0.25, 0.3) is 0 Å². The Kier molecular flexibility index (Phi) is 39.9. The molecular weight excluding hydrogens is 709 g/mol. The summed E-state index contributed by atoms with van der Waals surface area (Å²) in [5.41, 5.74) is 0. The Morgan fingerprint density at radius 1 is 0.393 bits per heavy atom. The van der Waals surface area contributed by atoms with Crippen molar-refractivity contribution >= 4 is 23.9 Å². The molecule has 0 amide bonds. The summed E-state index contributed by atoms with van der Waals surface area (Å²) in [6, 6.07) is 0. The maximum absolute atomic E-state index is 12.5. The number of unbranched alkanes of at least 4 members (excludes halogenated alkanes) is 24. The van der Waals surface area contributed by atoms with Gasteiger partial charge in [-0.15, -0.1) is 0 Å². The molecule has 10 heteroatoms. The smallest absolute Gasteiger partial charge is 0.320 e. The van der Waals surface area contributed by atoms with Crippen LogP contribution in [0.15, 0.2) is 24.3 Å². The fourth-order valence-corrected chi connectivity index (χ4v) is 6.62. The van der Waals surface area contributed by atoms with E-state index in [9.17, 15) is 29.4 Å². The van der Waals surface area contributed by atoms with E-state index < -0.39 is 37.0 Å². The van der Waals surface area contributed by atoms with Crippen LogP contribution >= 0.6 is 0 Å². The summed E-state index contributed by atoms with van der Waals surface area (Å²) in [7, 11) is 0. The van der Waals surface area contributed by atoms with Crippen LogP contribution in [0.3, 0.4) is 0 Å². The predicted octanol–water partition coefficient (Wildman–Crippen LogP) is 10.9. The molecule has 0 aromatic heterocycles. The Morgan fingerprint density at radius 3 is 0.946 bits per heavy atom. The van der Waals surface area contributed by atoms with Crippen LogP contribution in [0.4, 0.5) is 0 Å². The van der Waals surface area contributed by atoms with Crippen molar-refractivity contribution in [2.24, 2.45) is 0 Å². The van der Waals surface area contributed by atoms with E-state index in [1.54, 1.807) is 0 Å². The van der Waals surface area contributed by atoms with Gasteiger partial charge in [-0.1, -0.05) is 154 Å². The summed E-state index contributed by atoms with van der Waals surface area (Å²) in [4.78, 5) is 50.7. The Bertz CT molecular complexity index is 924. The van der Waals surface area contributed by atoms with E-state index in [2.05, 4.69) is 38.2 Å². The first kappa shape index (κ1) is 53.3. The van der Waals surface area contributed by atoms with Crippen LogP contribution in [0.5, 0.6) is 0 Å². The van der Waals surface area contributed by atoms with Crippen molar-refractivity contribution in [1.29, 1.82) is 0 Å². The maximum atomic E-state index is 12.5. The van der Waals surface area contributed by atoms with Gasteiger partial charge in [0.05, 0.1) is 39.4 Å². The third-order valence-corrected chi connectivity index (χ3v) is 9.99. The third-order valence-electron chi connectivity index (χ3n) is 9.99. The van der Waals surface area contributed by atoms with E-state index in [0.717, 1.165) is 64.2 Å². The van der Waals surface area contributed by atoms with Crippen molar-refractivity contribution in [3.8, 4) is 0 Å². The standard InChI is InChI=1S/C46H84N2O8/c1-3-5-7-9-11-13-15-17-19-21-23-25-27-29-31-33-37-55-45(53)41-47(39-43(49)50)35-36-48(40-44(51)52)42-46(54)56-38-34-32-30-28-26-24-22-20-18-16-14-12-10-8-6-4-2/h17-20H,3-16,21-42H2,1-2H3,(H,49,50)(H,51,52)/b19-17-,20-18-. The van der Waals surface area contributed by atoms with Gasteiger partial charge in [-0.3, -0.25) is 29.0 Å². The van der Waals surface area contributed by atoms with Gasteiger partial charge in [0.2, 0.25) is 0 Å². The first-order valence-electron chi connectivity index (χ1n) is 22.8. The van der Waals surface area contributed by atoms with Crippen LogP contribution in [-0.2, 0) is 28.7 Å². The lowest BCUT2D eigenvalue weighted by molar-refractivity contribution is -0.149. The number of rotatable bonds is 43. The largest absolute Gasteiger partial charge is 0.480 e. The second kappa shape index (κ2) is 41.9. The number of ether oxygens (including phenoxy) is 2. The number of hydrogen-bond donors (Lipinski definition) is 2. The quantitative estimate of drug-likeness (QED) is 0.0349. The minimum atomic E-state index is -1.11. The van der Waals surface area contributed by atoms with Gasteiger partial charge >= 0.3 is 23.9 Å². The third kappa shape index (κ3) is 40.9. The lowest BCUT2D eigenvalue weighted by Crippen LogP contribution is -2.43. The topological polar surface area (TPSA) is 134 Å². The van der Waals surface area contributed by atoms with Crippen molar-refractivity contribution in [1.82, 2.24) is 9.80 Å². The fraction of sp³-hybridized carbons (Fsp3) is 0.826. The SMILES string of the molecule is CCCCCCCC/C=C\CCCCCCCCOC(=O)CN(CCN(CC(=O)O)CC(=O)OCCCCCCCC/C=C\CCCCCCCC)CC(=O)O. The molecule has 56 heavy (non-hydrogen) atoms. The molecule has 0 fully saturated rings. The van der Waals surface area contributed by atoms with Crippen molar-refractivity contribution < 1.29 is 38.9 Å². The van der Waals surface area contributed by atoms with Crippen molar-refractivity contribution in [2.75, 3.05) is 52.5 Å². The molecule has 0 bridgehead atoms. The summed E-state index contributed by atoms with van der Waals surface area (Å²) in [6.07, 6.45) is 42.7.